The van der Waals surface area contributed by atoms with Gasteiger partial charge in [0.1, 0.15) is 12.4 Å². The first-order valence-corrected chi connectivity index (χ1v) is 9.56. The van der Waals surface area contributed by atoms with Crippen molar-refractivity contribution in [2.45, 2.75) is 6.61 Å². The van der Waals surface area contributed by atoms with Crippen molar-refractivity contribution in [1.29, 1.82) is 0 Å². The van der Waals surface area contributed by atoms with Gasteiger partial charge in [0, 0.05) is 10.6 Å². The van der Waals surface area contributed by atoms with Gasteiger partial charge in [0.05, 0.1) is 23.9 Å². The number of nitrogens with one attached hydrogen (secondary N) is 1. The van der Waals surface area contributed by atoms with Gasteiger partial charge in [-0.25, -0.2) is 9.82 Å². The third-order valence-corrected chi connectivity index (χ3v) is 4.63. The molecule has 0 aliphatic carbocycles. The number of carbonyl (C=O) groups is 1. The number of halogens is 3. The Morgan fingerprint density at radius 2 is 1.90 bits per heavy atom. The molecular formula is C22H17Cl2FN2O3. The Bertz CT molecular complexity index is 1090. The van der Waals surface area contributed by atoms with Gasteiger partial charge in [-0.1, -0.05) is 41.4 Å². The van der Waals surface area contributed by atoms with E-state index < -0.39 is 5.91 Å². The van der Waals surface area contributed by atoms with E-state index in [0.29, 0.717) is 27.6 Å². The van der Waals surface area contributed by atoms with Crippen molar-refractivity contribution in [2.24, 2.45) is 5.10 Å². The van der Waals surface area contributed by atoms with Gasteiger partial charge in [0.2, 0.25) is 0 Å². The molecule has 0 saturated heterocycles. The largest absolute Gasteiger partial charge is 0.493 e. The minimum Gasteiger partial charge on any atom is -0.493 e. The summed E-state index contributed by atoms with van der Waals surface area (Å²) in [5.41, 5.74) is 3.76. The van der Waals surface area contributed by atoms with Gasteiger partial charge < -0.3 is 9.47 Å². The third kappa shape index (κ3) is 5.49. The molecule has 0 spiro atoms. The first kappa shape index (κ1) is 21.6. The summed E-state index contributed by atoms with van der Waals surface area (Å²) >= 11 is 11.8. The summed E-state index contributed by atoms with van der Waals surface area (Å²) in [7, 11) is 1.50. The number of methoxy groups -OCH3 is 1. The Balaban J connectivity index is 1.65. The van der Waals surface area contributed by atoms with Gasteiger partial charge in [-0.2, -0.15) is 5.10 Å². The zero-order valence-corrected chi connectivity index (χ0v) is 17.4. The van der Waals surface area contributed by atoms with Gasteiger partial charge >= 0.3 is 0 Å². The molecule has 0 aromatic heterocycles. The lowest BCUT2D eigenvalue weighted by atomic mass is 10.2. The molecule has 8 heteroatoms. The van der Waals surface area contributed by atoms with Crippen molar-refractivity contribution in [3.63, 3.8) is 0 Å². The highest BCUT2D eigenvalue weighted by molar-refractivity contribution is 6.36. The number of amides is 1. The fraction of sp³-hybridized carbons (Fsp3) is 0.0909. The number of nitrogens with zero attached hydrogens (tertiary/aromatic N) is 1. The van der Waals surface area contributed by atoms with Crippen molar-refractivity contribution in [2.75, 3.05) is 7.11 Å². The Hall–Kier alpha value is -3.09. The van der Waals surface area contributed by atoms with Crippen molar-refractivity contribution in [1.82, 2.24) is 5.43 Å². The first-order chi connectivity index (χ1) is 14.5. The molecule has 0 unspecified atom stereocenters. The summed E-state index contributed by atoms with van der Waals surface area (Å²) in [6, 6.07) is 16.0. The second-order valence-electron chi connectivity index (χ2n) is 6.11. The highest BCUT2D eigenvalue weighted by atomic mass is 35.5. The molecule has 154 valence electrons. The highest BCUT2D eigenvalue weighted by Gasteiger charge is 2.10. The van der Waals surface area contributed by atoms with E-state index >= 15 is 0 Å². The lowest BCUT2D eigenvalue weighted by Gasteiger charge is -2.11. The zero-order valence-electron chi connectivity index (χ0n) is 15.9. The summed E-state index contributed by atoms with van der Waals surface area (Å²) in [6.45, 7) is 0.0639. The second-order valence-corrected chi connectivity index (χ2v) is 6.96. The predicted octanol–water partition coefficient (Wildman–Crippen LogP) is 5.48. The van der Waals surface area contributed by atoms with Crippen LogP contribution in [0.2, 0.25) is 10.0 Å². The van der Waals surface area contributed by atoms with Crippen molar-refractivity contribution >= 4 is 35.3 Å². The van der Waals surface area contributed by atoms with Crippen LogP contribution in [0.3, 0.4) is 0 Å². The number of carbonyl (C=O) groups excluding carboxylic acids is 1. The topological polar surface area (TPSA) is 59.9 Å². The van der Waals surface area contributed by atoms with E-state index in [1.165, 1.54) is 31.5 Å². The van der Waals surface area contributed by atoms with Gasteiger partial charge in [0.25, 0.3) is 5.91 Å². The number of benzene rings is 3. The Morgan fingerprint density at radius 3 is 2.63 bits per heavy atom. The van der Waals surface area contributed by atoms with Gasteiger partial charge in [-0.3, -0.25) is 4.79 Å². The van der Waals surface area contributed by atoms with Crippen LogP contribution in [-0.4, -0.2) is 19.2 Å². The molecule has 30 heavy (non-hydrogen) atoms. The first-order valence-electron chi connectivity index (χ1n) is 8.80. The number of hydrogen-bond donors (Lipinski definition) is 1. The van der Waals surface area contributed by atoms with E-state index in [-0.39, 0.29) is 23.0 Å². The fourth-order valence-electron chi connectivity index (χ4n) is 2.55. The van der Waals surface area contributed by atoms with Gasteiger partial charge in [0.15, 0.2) is 11.5 Å². The number of hydrogen-bond acceptors (Lipinski definition) is 4. The summed E-state index contributed by atoms with van der Waals surface area (Å²) < 4.78 is 24.7. The molecule has 0 saturated carbocycles. The van der Waals surface area contributed by atoms with Crippen LogP contribution in [0.15, 0.2) is 65.8 Å². The van der Waals surface area contributed by atoms with Crippen molar-refractivity contribution < 1.29 is 18.7 Å². The Labute approximate surface area is 183 Å². The minimum absolute atomic E-state index is 0.0639. The molecule has 3 rings (SSSR count). The van der Waals surface area contributed by atoms with Gasteiger partial charge in [-0.05, 0) is 48.0 Å². The average molecular weight is 447 g/mol. The summed E-state index contributed by atoms with van der Waals surface area (Å²) in [6.07, 6.45) is 1.45. The van der Waals surface area contributed by atoms with Crippen LogP contribution in [0.5, 0.6) is 11.5 Å². The lowest BCUT2D eigenvalue weighted by molar-refractivity contribution is 0.0955. The Kier molecular flexibility index (Phi) is 7.27. The molecule has 0 atom stereocenters. The fourth-order valence-corrected chi connectivity index (χ4v) is 3.05. The van der Waals surface area contributed by atoms with Crippen LogP contribution in [0.25, 0.3) is 0 Å². The molecule has 0 aliphatic rings. The maximum atomic E-state index is 13.7. The molecule has 0 bridgehead atoms. The molecule has 0 aliphatic heterocycles. The van der Waals surface area contributed by atoms with E-state index in [1.807, 2.05) is 0 Å². The van der Waals surface area contributed by atoms with Crippen LogP contribution < -0.4 is 14.9 Å². The monoisotopic (exact) mass is 446 g/mol. The van der Waals surface area contributed by atoms with E-state index in [0.717, 1.165) is 0 Å². The van der Waals surface area contributed by atoms with E-state index in [1.54, 1.807) is 42.5 Å². The Morgan fingerprint density at radius 1 is 1.10 bits per heavy atom. The van der Waals surface area contributed by atoms with Crippen LogP contribution in [0.4, 0.5) is 4.39 Å². The van der Waals surface area contributed by atoms with Crippen LogP contribution in [0, 0.1) is 5.82 Å². The maximum absolute atomic E-state index is 13.7. The normalized spacial score (nSPS) is 10.8. The molecule has 0 heterocycles. The maximum Gasteiger partial charge on any atom is 0.272 e. The van der Waals surface area contributed by atoms with Crippen molar-refractivity contribution in [3.8, 4) is 11.5 Å². The molecule has 0 fully saturated rings. The number of ether oxygens (including phenoxy) is 2. The molecule has 0 radical (unpaired) electrons. The molecular weight excluding hydrogens is 430 g/mol. The van der Waals surface area contributed by atoms with Crippen LogP contribution in [0.1, 0.15) is 21.5 Å². The average Bonchev–Trinajstić information content (AvgIpc) is 2.73. The molecule has 3 aromatic rings. The molecule has 3 aromatic carbocycles. The number of hydrazone groups is 1. The van der Waals surface area contributed by atoms with Crippen LogP contribution in [-0.2, 0) is 6.61 Å². The minimum atomic E-state index is -0.468. The zero-order chi connectivity index (χ0) is 21.5. The molecule has 1 N–H and O–H groups in total. The SMILES string of the molecule is COc1cc(/C=N\NC(=O)c2ccc(Cl)cc2Cl)ccc1OCc1ccccc1F. The smallest absolute Gasteiger partial charge is 0.272 e. The predicted molar refractivity (Wildman–Crippen MR) is 115 cm³/mol. The van der Waals surface area contributed by atoms with Gasteiger partial charge in [-0.15, -0.1) is 0 Å². The molecule has 5 nitrogen and oxygen atoms in total. The quantitative estimate of drug-likeness (QED) is 0.385. The van der Waals surface area contributed by atoms with Crippen molar-refractivity contribution in [3.05, 3.63) is 93.2 Å². The lowest BCUT2D eigenvalue weighted by Crippen LogP contribution is -2.18. The van der Waals surface area contributed by atoms with Crippen LogP contribution >= 0.6 is 23.2 Å². The third-order valence-electron chi connectivity index (χ3n) is 4.08. The summed E-state index contributed by atoms with van der Waals surface area (Å²) in [4.78, 5) is 12.2. The molecule has 1 amide bonds. The summed E-state index contributed by atoms with van der Waals surface area (Å²) in [5, 5.41) is 4.59. The second kappa shape index (κ2) is 10.1. The highest BCUT2D eigenvalue weighted by Crippen LogP contribution is 2.28. The number of rotatable bonds is 7. The van der Waals surface area contributed by atoms with E-state index in [2.05, 4.69) is 10.5 Å². The summed E-state index contributed by atoms with van der Waals surface area (Å²) in [5.74, 6) is 0.0960. The van der Waals surface area contributed by atoms with E-state index in [4.69, 9.17) is 32.7 Å². The van der Waals surface area contributed by atoms with E-state index in [9.17, 15) is 9.18 Å². The standard InChI is InChI=1S/C22H17Cl2FN2O3/c1-29-21-10-14(6-9-20(21)30-13-15-4-2-3-5-19(15)25)12-26-27-22(28)17-8-7-16(23)11-18(17)24/h2-12H,13H2,1H3,(H,27,28)/b26-12-.